The molecule has 0 aliphatic rings. The van der Waals surface area contributed by atoms with Gasteiger partial charge < -0.3 is 5.73 Å². The Balaban J connectivity index is 2.90. The third kappa shape index (κ3) is 4.77. The Hall–Kier alpha value is -0.960. The van der Waals surface area contributed by atoms with Crippen molar-refractivity contribution in [2.45, 2.75) is 36.1 Å². The molecule has 1 aromatic carbocycles. The predicted octanol–water partition coefficient (Wildman–Crippen LogP) is 1.08. The maximum absolute atomic E-state index is 12.4. The van der Waals surface area contributed by atoms with Crippen LogP contribution in [-0.4, -0.2) is 47.0 Å². The monoisotopic (exact) mass is 348 g/mol. The average Bonchev–Trinajstić information content (AvgIpc) is 2.43. The van der Waals surface area contributed by atoms with Gasteiger partial charge in [0, 0.05) is 25.9 Å². The van der Waals surface area contributed by atoms with E-state index in [0.717, 1.165) is 6.26 Å². The van der Waals surface area contributed by atoms with Crippen molar-refractivity contribution in [3.8, 4) is 0 Å². The summed E-state index contributed by atoms with van der Waals surface area (Å²) in [7, 11) is -5.49. The first-order valence-electron chi connectivity index (χ1n) is 6.98. The summed E-state index contributed by atoms with van der Waals surface area (Å²) >= 11 is 0. The molecule has 0 aliphatic carbocycles. The summed E-state index contributed by atoms with van der Waals surface area (Å²) in [5.74, 6) is 0.283. The van der Waals surface area contributed by atoms with Gasteiger partial charge in [0.15, 0.2) is 9.84 Å². The maximum Gasteiger partial charge on any atom is 0.242 e. The lowest BCUT2D eigenvalue weighted by atomic mass is 10.0. The Kier molecular flexibility index (Phi) is 6.14. The number of nitrogens with two attached hydrogens (primary N) is 1. The molecule has 22 heavy (non-hydrogen) atoms. The molecule has 6 nitrogen and oxygen atoms in total. The SMILES string of the molecule is CC(C)C(N)CCN(C)S(=O)(=O)c1ccc(S(C)(=O)=O)cc1. The second-order valence-electron chi connectivity index (χ2n) is 5.77. The molecule has 2 N–H and O–H groups in total. The van der Waals surface area contributed by atoms with Crippen molar-refractivity contribution < 1.29 is 16.8 Å². The van der Waals surface area contributed by atoms with Gasteiger partial charge >= 0.3 is 0 Å². The molecule has 0 bridgehead atoms. The Morgan fingerprint density at radius 3 is 1.91 bits per heavy atom. The van der Waals surface area contributed by atoms with E-state index in [-0.39, 0.29) is 21.8 Å². The van der Waals surface area contributed by atoms with Gasteiger partial charge in [0.05, 0.1) is 9.79 Å². The fourth-order valence-electron chi connectivity index (χ4n) is 1.82. The zero-order chi connectivity index (χ0) is 17.1. The lowest BCUT2D eigenvalue weighted by molar-refractivity contribution is 0.397. The predicted molar refractivity (Wildman–Crippen MR) is 86.8 cm³/mol. The van der Waals surface area contributed by atoms with E-state index in [1.54, 1.807) is 0 Å². The van der Waals surface area contributed by atoms with Crippen molar-refractivity contribution in [3.63, 3.8) is 0 Å². The highest BCUT2D eigenvalue weighted by Gasteiger charge is 2.22. The van der Waals surface area contributed by atoms with Crippen LogP contribution in [0.3, 0.4) is 0 Å². The molecule has 1 unspecified atom stereocenters. The second-order valence-corrected chi connectivity index (χ2v) is 9.83. The molecule has 0 radical (unpaired) electrons. The van der Waals surface area contributed by atoms with Crippen molar-refractivity contribution in [2.75, 3.05) is 19.8 Å². The van der Waals surface area contributed by atoms with E-state index < -0.39 is 19.9 Å². The fourth-order valence-corrected chi connectivity index (χ4v) is 3.64. The summed E-state index contributed by atoms with van der Waals surface area (Å²) in [5, 5.41) is 0. The van der Waals surface area contributed by atoms with Crippen molar-refractivity contribution in [1.82, 2.24) is 4.31 Å². The number of sulfone groups is 1. The van der Waals surface area contributed by atoms with E-state index in [2.05, 4.69) is 0 Å². The van der Waals surface area contributed by atoms with Crippen LogP contribution >= 0.6 is 0 Å². The number of sulfonamides is 1. The molecule has 1 aromatic rings. The minimum absolute atomic E-state index is 0.0646. The molecular weight excluding hydrogens is 324 g/mol. The summed E-state index contributed by atoms with van der Waals surface area (Å²) in [6.07, 6.45) is 1.64. The van der Waals surface area contributed by atoms with Crippen LogP contribution in [0.5, 0.6) is 0 Å². The van der Waals surface area contributed by atoms with Gasteiger partial charge in [-0.1, -0.05) is 13.8 Å². The third-order valence-corrected chi connectivity index (χ3v) is 6.59. The Morgan fingerprint density at radius 1 is 1.05 bits per heavy atom. The molecule has 0 fully saturated rings. The molecule has 0 aromatic heterocycles. The van der Waals surface area contributed by atoms with Gasteiger partial charge in [-0.15, -0.1) is 0 Å². The van der Waals surface area contributed by atoms with Crippen LogP contribution in [0.15, 0.2) is 34.1 Å². The van der Waals surface area contributed by atoms with Crippen LogP contribution in [0, 0.1) is 5.92 Å². The summed E-state index contributed by atoms with van der Waals surface area (Å²) in [6, 6.07) is 5.16. The minimum atomic E-state index is -3.64. The Bertz CT molecular complexity index is 695. The molecule has 8 heteroatoms. The molecular formula is C14H24N2O4S2. The first-order valence-corrected chi connectivity index (χ1v) is 10.3. The van der Waals surface area contributed by atoms with E-state index in [4.69, 9.17) is 5.73 Å². The van der Waals surface area contributed by atoms with Crippen LogP contribution in [0.2, 0.25) is 0 Å². The highest BCUT2D eigenvalue weighted by molar-refractivity contribution is 7.90. The quantitative estimate of drug-likeness (QED) is 0.795. The van der Waals surface area contributed by atoms with Gasteiger partial charge in [-0.05, 0) is 36.6 Å². The zero-order valence-corrected chi connectivity index (χ0v) is 15.0. The Labute approximate surface area is 133 Å². The third-order valence-electron chi connectivity index (χ3n) is 3.59. The van der Waals surface area contributed by atoms with E-state index in [0.29, 0.717) is 13.0 Å². The van der Waals surface area contributed by atoms with Crippen LogP contribution in [0.4, 0.5) is 0 Å². The van der Waals surface area contributed by atoms with Crippen molar-refractivity contribution in [1.29, 1.82) is 0 Å². The zero-order valence-electron chi connectivity index (χ0n) is 13.4. The summed E-state index contributed by atoms with van der Waals surface area (Å²) < 4.78 is 48.9. The van der Waals surface area contributed by atoms with Crippen LogP contribution in [-0.2, 0) is 19.9 Å². The van der Waals surface area contributed by atoms with Gasteiger partial charge in [-0.2, -0.15) is 0 Å². The highest BCUT2D eigenvalue weighted by atomic mass is 32.2. The van der Waals surface area contributed by atoms with Gasteiger partial charge in [0.1, 0.15) is 0 Å². The first-order chi connectivity index (χ1) is 9.96. The largest absolute Gasteiger partial charge is 0.327 e. The lowest BCUT2D eigenvalue weighted by Crippen LogP contribution is -2.34. The van der Waals surface area contributed by atoms with E-state index in [1.165, 1.54) is 35.6 Å². The molecule has 0 amide bonds. The fraction of sp³-hybridized carbons (Fsp3) is 0.571. The van der Waals surface area contributed by atoms with E-state index in [9.17, 15) is 16.8 Å². The van der Waals surface area contributed by atoms with Gasteiger partial charge in [-0.25, -0.2) is 21.1 Å². The van der Waals surface area contributed by atoms with E-state index in [1.807, 2.05) is 13.8 Å². The van der Waals surface area contributed by atoms with Crippen LogP contribution < -0.4 is 5.73 Å². The molecule has 0 aliphatic heterocycles. The Morgan fingerprint density at radius 2 is 1.50 bits per heavy atom. The van der Waals surface area contributed by atoms with Gasteiger partial charge in [0.2, 0.25) is 10.0 Å². The van der Waals surface area contributed by atoms with E-state index >= 15 is 0 Å². The topological polar surface area (TPSA) is 97.5 Å². The number of hydrogen-bond donors (Lipinski definition) is 1. The lowest BCUT2D eigenvalue weighted by Gasteiger charge is -2.21. The number of hydrogen-bond acceptors (Lipinski definition) is 5. The highest BCUT2D eigenvalue weighted by Crippen LogP contribution is 2.18. The van der Waals surface area contributed by atoms with Crippen molar-refractivity contribution >= 4 is 19.9 Å². The van der Waals surface area contributed by atoms with Crippen molar-refractivity contribution in [2.24, 2.45) is 11.7 Å². The van der Waals surface area contributed by atoms with Gasteiger partial charge in [0.25, 0.3) is 0 Å². The first kappa shape index (κ1) is 19.1. The average molecular weight is 348 g/mol. The van der Waals surface area contributed by atoms with Crippen molar-refractivity contribution in [3.05, 3.63) is 24.3 Å². The molecule has 1 atom stereocenters. The molecule has 126 valence electrons. The standard InChI is InChI=1S/C14H24N2O4S2/c1-11(2)14(15)9-10-16(3)22(19,20)13-7-5-12(6-8-13)21(4,17)18/h5-8,11,14H,9-10,15H2,1-4H3. The van der Waals surface area contributed by atoms with Gasteiger partial charge in [-0.3, -0.25) is 0 Å². The normalized spacial score (nSPS) is 14.5. The minimum Gasteiger partial charge on any atom is -0.327 e. The summed E-state index contributed by atoms with van der Waals surface area (Å²) in [4.78, 5) is 0.163. The number of rotatable bonds is 7. The summed E-state index contributed by atoms with van der Waals surface area (Å²) in [5.41, 5.74) is 5.93. The summed E-state index contributed by atoms with van der Waals surface area (Å²) in [6.45, 7) is 4.29. The second kappa shape index (κ2) is 7.08. The maximum atomic E-state index is 12.4. The smallest absolute Gasteiger partial charge is 0.242 e. The molecule has 0 saturated heterocycles. The number of nitrogens with zero attached hydrogens (tertiary/aromatic N) is 1. The number of benzene rings is 1. The molecule has 0 heterocycles. The molecule has 1 rings (SSSR count). The van der Waals surface area contributed by atoms with Crippen LogP contribution in [0.1, 0.15) is 20.3 Å². The molecule has 0 spiro atoms. The van der Waals surface area contributed by atoms with Crippen LogP contribution in [0.25, 0.3) is 0 Å². The molecule has 0 saturated carbocycles.